The first-order valence-corrected chi connectivity index (χ1v) is 9.98. The first kappa shape index (κ1) is 19.8. The minimum atomic E-state index is 0.323. The summed E-state index contributed by atoms with van der Waals surface area (Å²) in [6, 6.07) is 14.6. The molecule has 0 spiro atoms. The number of carbonyl (C=O) groups is 1. The van der Waals surface area contributed by atoms with Crippen molar-refractivity contribution in [2.45, 2.75) is 12.8 Å². The Bertz CT molecular complexity index is 1220. The number of pyridine rings is 1. The summed E-state index contributed by atoms with van der Waals surface area (Å²) in [7, 11) is 0. The number of benzene rings is 2. The molecule has 2 N–H and O–H groups in total. The zero-order valence-electron chi connectivity index (χ0n) is 15.1. The summed E-state index contributed by atoms with van der Waals surface area (Å²) in [6.45, 7) is 0. The van der Waals surface area contributed by atoms with Crippen LogP contribution in [0.25, 0.3) is 33.5 Å². The molecule has 146 valence electrons. The van der Waals surface area contributed by atoms with Crippen molar-refractivity contribution in [2.75, 3.05) is 5.73 Å². The molecule has 0 aliphatic rings. The van der Waals surface area contributed by atoms with Crippen LogP contribution in [0, 0.1) is 0 Å². The minimum absolute atomic E-state index is 0.323. The summed E-state index contributed by atoms with van der Waals surface area (Å²) in [6.07, 6.45) is 1.57. The molecule has 0 fully saturated rings. The number of nitrogens with zero attached hydrogens (tertiary/aromatic N) is 1. The molecule has 4 rings (SSSR count). The first-order valence-electron chi connectivity index (χ1n) is 8.85. The average Bonchev–Trinajstić information content (AvgIpc) is 3.01. The fourth-order valence-corrected chi connectivity index (χ4v) is 3.83. The van der Waals surface area contributed by atoms with Crippen molar-refractivity contribution in [1.82, 2.24) is 4.98 Å². The summed E-state index contributed by atoms with van der Waals surface area (Å²) in [5.41, 5.74) is 10.2. The first-order chi connectivity index (χ1) is 14.0. The number of anilines is 1. The summed E-state index contributed by atoms with van der Waals surface area (Å²) >= 11 is 18.6. The molecule has 0 amide bonds. The van der Waals surface area contributed by atoms with Crippen molar-refractivity contribution in [2.24, 2.45) is 0 Å². The highest BCUT2D eigenvalue weighted by atomic mass is 35.5. The molecule has 4 aromatic rings. The molecule has 2 heterocycles. The molecular formula is C22H15Cl3N2O2. The zero-order chi connectivity index (χ0) is 20.5. The van der Waals surface area contributed by atoms with Gasteiger partial charge in [-0.15, -0.1) is 0 Å². The van der Waals surface area contributed by atoms with E-state index in [0.29, 0.717) is 61.7 Å². The number of aryl methyl sites for hydroxylation is 1. The number of hydrogen-bond acceptors (Lipinski definition) is 4. The van der Waals surface area contributed by atoms with Gasteiger partial charge in [0.15, 0.2) is 0 Å². The van der Waals surface area contributed by atoms with Crippen LogP contribution in [-0.2, 0) is 11.2 Å². The normalized spacial score (nSPS) is 11.1. The predicted octanol–water partition coefficient (Wildman–Crippen LogP) is 6.84. The van der Waals surface area contributed by atoms with Gasteiger partial charge in [-0.05, 0) is 42.0 Å². The van der Waals surface area contributed by atoms with Crippen LogP contribution in [0.5, 0.6) is 0 Å². The molecule has 0 saturated heterocycles. The van der Waals surface area contributed by atoms with E-state index in [-0.39, 0.29) is 0 Å². The molecular weight excluding hydrogens is 431 g/mol. The van der Waals surface area contributed by atoms with Crippen LogP contribution >= 0.6 is 34.8 Å². The SMILES string of the molecule is Nc1c(CCC=O)oc2nc(-c3ccc(Cl)cc3Cl)c(-c3ccc(Cl)cc3)cc12. The van der Waals surface area contributed by atoms with Crippen LogP contribution in [0.15, 0.2) is 52.9 Å². The minimum Gasteiger partial charge on any atom is -0.441 e. The molecule has 2 aromatic heterocycles. The van der Waals surface area contributed by atoms with Gasteiger partial charge in [-0.2, -0.15) is 0 Å². The lowest BCUT2D eigenvalue weighted by molar-refractivity contribution is -0.107. The Balaban J connectivity index is 1.99. The molecule has 0 unspecified atom stereocenters. The maximum absolute atomic E-state index is 10.7. The predicted molar refractivity (Wildman–Crippen MR) is 119 cm³/mol. The monoisotopic (exact) mass is 444 g/mol. The molecule has 0 aliphatic carbocycles. The highest BCUT2D eigenvalue weighted by Crippen LogP contribution is 2.40. The summed E-state index contributed by atoms with van der Waals surface area (Å²) < 4.78 is 5.85. The van der Waals surface area contributed by atoms with Crippen LogP contribution in [0.3, 0.4) is 0 Å². The summed E-state index contributed by atoms with van der Waals surface area (Å²) in [5.74, 6) is 0.543. The average molecular weight is 446 g/mol. The fourth-order valence-electron chi connectivity index (χ4n) is 3.20. The number of halogens is 3. The van der Waals surface area contributed by atoms with Crippen molar-refractivity contribution in [3.05, 3.63) is 69.4 Å². The van der Waals surface area contributed by atoms with Crippen LogP contribution in [0.2, 0.25) is 15.1 Å². The lowest BCUT2D eigenvalue weighted by atomic mass is 9.98. The molecule has 4 nitrogen and oxygen atoms in total. The Hall–Kier alpha value is -2.53. The topological polar surface area (TPSA) is 69.1 Å². The highest BCUT2D eigenvalue weighted by Gasteiger charge is 2.19. The smallest absolute Gasteiger partial charge is 0.229 e. The maximum atomic E-state index is 10.7. The number of furan rings is 1. The van der Waals surface area contributed by atoms with Crippen molar-refractivity contribution in [1.29, 1.82) is 0 Å². The number of hydrogen-bond donors (Lipinski definition) is 1. The number of rotatable bonds is 5. The third-order valence-electron chi connectivity index (χ3n) is 4.63. The van der Waals surface area contributed by atoms with E-state index in [1.54, 1.807) is 12.1 Å². The third kappa shape index (κ3) is 3.84. The number of nitrogen functional groups attached to an aromatic ring is 1. The van der Waals surface area contributed by atoms with Crippen LogP contribution in [0.1, 0.15) is 12.2 Å². The Morgan fingerprint density at radius 2 is 1.69 bits per heavy atom. The van der Waals surface area contributed by atoms with E-state index in [0.717, 1.165) is 17.4 Å². The molecule has 0 bridgehead atoms. The summed E-state index contributed by atoms with van der Waals surface area (Å²) in [4.78, 5) is 15.5. The molecule has 0 radical (unpaired) electrons. The third-order valence-corrected chi connectivity index (χ3v) is 5.43. The van der Waals surface area contributed by atoms with E-state index in [2.05, 4.69) is 0 Å². The Labute approximate surface area is 182 Å². The molecule has 0 saturated carbocycles. The van der Waals surface area contributed by atoms with Gasteiger partial charge in [0.2, 0.25) is 5.71 Å². The van der Waals surface area contributed by atoms with E-state index in [1.165, 1.54) is 0 Å². The van der Waals surface area contributed by atoms with Crippen LogP contribution in [-0.4, -0.2) is 11.3 Å². The zero-order valence-corrected chi connectivity index (χ0v) is 17.4. The number of aromatic nitrogens is 1. The van der Waals surface area contributed by atoms with E-state index >= 15 is 0 Å². The van der Waals surface area contributed by atoms with Crippen LogP contribution in [0.4, 0.5) is 5.69 Å². The number of aldehydes is 1. The Morgan fingerprint density at radius 1 is 0.966 bits per heavy atom. The van der Waals surface area contributed by atoms with Gasteiger partial charge in [0.05, 0.1) is 21.8 Å². The standard InChI is InChI=1S/C22H15Cl3N2O2/c23-13-5-3-12(4-6-13)16-11-17-20(26)19(2-1-9-28)29-22(17)27-21(16)15-8-7-14(24)10-18(15)25/h3-11H,1-2,26H2. The van der Waals surface area contributed by atoms with Crippen molar-refractivity contribution in [3.63, 3.8) is 0 Å². The quantitative estimate of drug-likeness (QED) is 0.342. The van der Waals surface area contributed by atoms with E-state index < -0.39 is 0 Å². The van der Waals surface area contributed by atoms with Crippen molar-refractivity contribution < 1.29 is 9.21 Å². The van der Waals surface area contributed by atoms with Crippen LogP contribution < -0.4 is 5.73 Å². The second kappa shape index (κ2) is 8.07. The van der Waals surface area contributed by atoms with Gasteiger partial charge in [0.25, 0.3) is 0 Å². The lowest BCUT2D eigenvalue weighted by Crippen LogP contribution is -1.93. The van der Waals surface area contributed by atoms with Gasteiger partial charge in [0, 0.05) is 34.0 Å². The van der Waals surface area contributed by atoms with Gasteiger partial charge >= 0.3 is 0 Å². The molecule has 0 aliphatic heterocycles. The van der Waals surface area contributed by atoms with Crippen molar-refractivity contribution >= 4 is 57.9 Å². The van der Waals surface area contributed by atoms with E-state index in [4.69, 9.17) is 49.9 Å². The fraction of sp³-hybridized carbons (Fsp3) is 0.0909. The molecule has 2 aromatic carbocycles. The summed E-state index contributed by atoms with van der Waals surface area (Å²) in [5, 5.41) is 2.32. The number of carbonyl (C=O) groups excluding carboxylic acids is 1. The van der Waals surface area contributed by atoms with E-state index in [1.807, 2.05) is 36.4 Å². The van der Waals surface area contributed by atoms with Gasteiger partial charge in [0.1, 0.15) is 12.0 Å². The number of nitrogens with two attached hydrogens (primary N) is 1. The van der Waals surface area contributed by atoms with Gasteiger partial charge in [-0.25, -0.2) is 4.98 Å². The highest BCUT2D eigenvalue weighted by molar-refractivity contribution is 6.36. The molecule has 7 heteroatoms. The Kier molecular flexibility index (Phi) is 5.50. The molecule has 0 atom stereocenters. The largest absolute Gasteiger partial charge is 0.441 e. The Morgan fingerprint density at radius 3 is 2.38 bits per heavy atom. The van der Waals surface area contributed by atoms with Crippen molar-refractivity contribution in [3.8, 4) is 22.4 Å². The maximum Gasteiger partial charge on any atom is 0.229 e. The number of fused-ring (bicyclic) bond motifs is 1. The van der Waals surface area contributed by atoms with E-state index in [9.17, 15) is 4.79 Å². The lowest BCUT2D eigenvalue weighted by Gasteiger charge is -2.11. The van der Waals surface area contributed by atoms with Gasteiger partial charge in [-0.1, -0.05) is 46.9 Å². The second-order valence-corrected chi connectivity index (χ2v) is 7.79. The molecule has 29 heavy (non-hydrogen) atoms. The second-order valence-electron chi connectivity index (χ2n) is 6.51. The van der Waals surface area contributed by atoms with Gasteiger partial charge < -0.3 is 14.9 Å². The van der Waals surface area contributed by atoms with Gasteiger partial charge in [-0.3, -0.25) is 0 Å².